The van der Waals surface area contributed by atoms with Crippen LogP contribution >= 0.6 is 0 Å². The molecule has 0 radical (unpaired) electrons. The van der Waals surface area contributed by atoms with Gasteiger partial charge in [-0.15, -0.1) is 0 Å². The molecule has 1 fully saturated rings. The molecule has 5 nitrogen and oxygen atoms in total. The van der Waals surface area contributed by atoms with E-state index < -0.39 is 5.60 Å². The molecular weight excluding hydrogens is 280 g/mol. The lowest BCUT2D eigenvalue weighted by atomic mass is 10.0. The molecule has 5 heteroatoms. The largest absolute Gasteiger partial charge is 0.444 e. The Bertz CT molecular complexity index is 417. The van der Waals surface area contributed by atoms with Crippen LogP contribution in [0.1, 0.15) is 47.0 Å². The van der Waals surface area contributed by atoms with Gasteiger partial charge in [0.25, 0.3) is 0 Å². The van der Waals surface area contributed by atoms with Crippen molar-refractivity contribution >= 4 is 6.09 Å². The molecule has 0 spiro atoms. The average Bonchev–Trinajstić information content (AvgIpc) is 3.04. The van der Waals surface area contributed by atoms with Crippen LogP contribution in [0.25, 0.3) is 0 Å². The number of hydrogen-bond donors (Lipinski definition) is 2. The van der Waals surface area contributed by atoms with Crippen molar-refractivity contribution in [2.24, 2.45) is 5.92 Å². The molecule has 1 amide bonds. The van der Waals surface area contributed by atoms with Crippen molar-refractivity contribution in [1.29, 1.82) is 0 Å². The van der Waals surface area contributed by atoms with Crippen molar-refractivity contribution in [3.05, 3.63) is 12.2 Å². The molecule has 0 aromatic rings. The third-order valence-electron chi connectivity index (χ3n) is 4.39. The topological polar surface area (TPSA) is 61.8 Å². The predicted octanol–water partition coefficient (Wildman–Crippen LogP) is 2.30. The first-order valence-electron chi connectivity index (χ1n) is 8.35. The van der Waals surface area contributed by atoms with Gasteiger partial charge in [-0.3, -0.25) is 0 Å². The average molecular weight is 310 g/mol. The molecule has 0 saturated carbocycles. The molecule has 1 saturated heterocycles. The van der Waals surface area contributed by atoms with Crippen molar-refractivity contribution in [3.8, 4) is 0 Å². The van der Waals surface area contributed by atoms with E-state index in [-0.39, 0.29) is 36.7 Å². The van der Waals surface area contributed by atoms with Crippen LogP contribution in [-0.2, 0) is 4.74 Å². The van der Waals surface area contributed by atoms with Crippen LogP contribution in [0.3, 0.4) is 0 Å². The van der Waals surface area contributed by atoms with Crippen LogP contribution < -0.4 is 5.32 Å². The number of aliphatic hydroxyl groups is 1. The number of nitrogens with zero attached hydrogens (tertiary/aromatic N) is 1. The van der Waals surface area contributed by atoms with Crippen LogP contribution in [0, 0.1) is 5.92 Å². The summed E-state index contributed by atoms with van der Waals surface area (Å²) in [6.07, 6.45) is 6.96. The van der Waals surface area contributed by atoms with Crippen molar-refractivity contribution in [2.45, 2.75) is 70.7 Å². The molecule has 0 aromatic carbocycles. The zero-order chi connectivity index (χ0) is 16.3. The molecule has 0 bridgehead atoms. The smallest absolute Gasteiger partial charge is 0.410 e. The van der Waals surface area contributed by atoms with E-state index in [1.54, 1.807) is 0 Å². The molecule has 1 aliphatic carbocycles. The highest BCUT2D eigenvalue weighted by atomic mass is 16.6. The maximum absolute atomic E-state index is 12.3. The predicted molar refractivity (Wildman–Crippen MR) is 86.7 cm³/mol. The van der Waals surface area contributed by atoms with Crippen LogP contribution in [0.2, 0.25) is 0 Å². The molecule has 4 atom stereocenters. The first kappa shape index (κ1) is 17.3. The Balaban J connectivity index is 1.90. The maximum Gasteiger partial charge on any atom is 0.410 e. The zero-order valence-corrected chi connectivity index (χ0v) is 14.2. The summed E-state index contributed by atoms with van der Waals surface area (Å²) in [6, 6.07) is 0.673. The summed E-state index contributed by atoms with van der Waals surface area (Å²) in [4.78, 5) is 14.2. The molecule has 22 heavy (non-hydrogen) atoms. The van der Waals surface area contributed by atoms with Gasteiger partial charge >= 0.3 is 6.09 Å². The fourth-order valence-electron chi connectivity index (χ4n) is 3.34. The second-order valence-corrected chi connectivity index (χ2v) is 7.51. The Morgan fingerprint density at radius 1 is 1.45 bits per heavy atom. The number of likely N-dealkylation sites (tertiary alicyclic amines) is 1. The minimum Gasteiger partial charge on any atom is -0.444 e. The standard InChI is InChI=1S/C17H30N2O3/c1-12(18-14-8-7-13(10-14)11-20)15-6-5-9-19(15)16(21)22-17(2,3)4/h7-8,12-15,18,20H,5-6,9-11H2,1-4H3/t12-,13+,14-,15+/m1/s1. The van der Waals surface area contributed by atoms with Gasteiger partial charge in [-0.25, -0.2) is 4.79 Å². The quantitative estimate of drug-likeness (QED) is 0.782. The summed E-state index contributed by atoms with van der Waals surface area (Å²) in [5, 5.41) is 12.8. The summed E-state index contributed by atoms with van der Waals surface area (Å²) >= 11 is 0. The zero-order valence-electron chi connectivity index (χ0n) is 14.2. The molecular formula is C17H30N2O3. The fourth-order valence-corrected chi connectivity index (χ4v) is 3.34. The van der Waals surface area contributed by atoms with Crippen molar-refractivity contribution in [1.82, 2.24) is 10.2 Å². The molecule has 126 valence electrons. The summed E-state index contributed by atoms with van der Waals surface area (Å²) in [7, 11) is 0. The van der Waals surface area contributed by atoms with E-state index >= 15 is 0 Å². The lowest BCUT2D eigenvalue weighted by molar-refractivity contribution is 0.0198. The number of aliphatic hydroxyl groups excluding tert-OH is 1. The minimum absolute atomic E-state index is 0.177. The molecule has 2 aliphatic rings. The summed E-state index contributed by atoms with van der Waals surface area (Å²) < 4.78 is 5.52. The summed E-state index contributed by atoms with van der Waals surface area (Å²) in [5.74, 6) is 0.259. The Labute approximate surface area is 133 Å². The number of nitrogens with one attached hydrogen (secondary N) is 1. The van der Waals surface area contributed by atoms with E-state index in [0.29, 0.717) is 0 Å². The van der Waals surface area contributed by atoms with Crippen LogP contribution in [0.15, 0.2) is 12.2 Å². The van der Waals surface area contributed by atoms with Gasteiger partial charge in [0.05, 0.1) is 6.04 Å². The number of amides is 1. The lowest BCUT2D eigenvalue weighted by Crippen LogP contribution is -2.51. The highest BCUT2D eigenvalue weighted by Gasteiger charge is 2.36. The molecule has 1 aliphatic heterocycles. The molecule has 0 aromatic heterocycles. The van der Waals surface area contributed by atoms with E-state index in [4.69, 9.17) is 4.74 Å². The van der Waals surface area contributed by atoms with Crippen LogP contribution in [-0.4, -0.2) is 53.0 Å². The molecule has 1 heterocycles. The molecule has 2 N–H and O–H groups in total. The SMILES string of the molecule is C[C@@H](N[C@@H]1C=C[C@H](CO)C1)[C@@H]1CCCN1C(=O)OC(C)(C)C. The third kappa shape index (κ3) is 4.46. The van der Waals surface area contributed by atoms with E-state index in [2.05, 4.69) is 24.4 Å². The molecule has 2 rings (SSSR count). The van der Waals surface area contributed by atoms with Gasteiger partial charge in [-0.05, 0) is 47.0 Å². The third-order valence-corrected chi connectivity index (χ3v) is 4.39. The Hall–Kier alpha value is -1.07. The van der Waals surface area contributed by atoms with Gasteiger partial charge in [0.15, 0.2) is 0 Å². The number of hydrogen-bond acceptors (Lipinski definition) is 4. The fraction of sp³-hybridized carbons (Fsp3) is 0.824. The number of carbonyl (C=O) groups is 1. The van der Waals surface area contributed by atoms with Gasteiger partial charge in [0, 0.05) is 31.2 Å². The minimum atomic E-state index is -0.455. The number of rotatable bonds is 4. The highest BCUT2D eigenvalue weighted by molar-refractivity contribution is 5.69. The second kappa shape index (κ2) is 7.01. The van der Waals surface area contributed by atoms with Crippen molar-refractivity contribution < 1.29 is 14.6 Å². The maximum atomic E-state index is 12.3. The van der Waals surface area contributed by atoms with Gasteiger partial charge in [0.2, 0.25) is 0 Å². The van der Waals surface area contributed by atoms with Crippen LogP contribution in [0.4, 0.5) is 4.79 Å². The first-order chi connectivity index (χ1) is 10.3. The van der Waals surface area contributed by atoms with E-state index in [1.807, 2.05) is 25.7 Å². The van der Waals surface area contributed by atoms with Gasteiger partial charge in [-0.2, -0.15) is 0 Å². The monoisotopic (exact) mass is 310 g/mol. The van der Waals surface area contributed by atoms with E-state index in [1.165, 1.54) is 0 Å². The Morgan fingerprint density at radius 2 is 2.18 bits per heavy atom. The van der Waals surface area contributed by atoms with E-state index in [0.717, 1.165) is 25.8 Å². The Morgan fingerprint density at radius 3 is 2.77 bits per heavy atom. The van der Waals surface area contributed by atoms with Crippen molar-refractivity contribution in [2.75, 3.05) is 13.2 Å². The normalized spacial score (nSPS) is 29.9. The summed E-state index contributed by atoms with van der Waals surface area (Å²) in [5.41, 5.74) is -0.455. The van der Waals surface area contributed by atoms with Gasteiger partial charge in [-0.1, -0.05) is 12.2 Å². The number of carbonyl (C=O) groups excluding carboxylic acids is 1. The first-order valence-corrected chi connectivity index (χ1v) is 8.35. The van der Waals surface area contributed by atoms with Crippen molar-refractivity contribution in [3.63, 3.8) is 0 Å². The lowest BCUT2D eigenvalue weighted by Gasteiger charge is -2.33. The summed E-state index contributed by atoms with van der Waals surface area (Å²) in [6.45, 7) is 8.80. The van der Waals surface area contributed by atoms with Gasteiger partial charge in [0.1, 0.15) is 5.60 Å². The van der Waals surface area contributed by atoms with Crippen LogP contribution in [0.5, 0.6) is 0 Å². The van der Waals surface area contributed by atoms with Gasteiger partial charge < -0.3 is 20.1 Å². The Kier molecular flexibility index (Phi) is 5.50. The van der Waals surface area contributed by atoms with E-state index in [9.17, 15) is 9.90 Å². The highest BCUT2D eigenvalue weighted by Crippen LogP contribution is 2.25. The second-order valence-electron chi connectivity index (χ2n) is 7.51. The molecule has 0 unspecified atom stereocenters. The number of ether oxygens (including phenoxy) is 1.